The lowest BCUT2D eigenvalue weighted by Gasteiger charge is -2.35. The van der Waals surface area contributed by atoms with E-state index in [4.69, 9.17) is 4.42 Å². The number of carbonyl (C=O) groups is 1. The van der Waals surface area contributed by atoms with Gasteiger partial charge in [0.1, 0.15) is 5.54 Å². The molecule has 0 aliphatic heterocycles. The van der Waals surface area contributed by atoms with E-state index in [0.29, 0.717) is 5.92 Å². The molecule has 0 radical (unpaired) electrons. The summed E-state index contributed by atoms with van der Waals surface area (Å²) < 4.78 is 5.05. The van der Waals surface area contributed by atoms with Gasteiger partial charge in [-0.25, -0.2) is 0 Å². The van der Waals surface area contributed by atoms with Gasteiger partial charge in [-0.3, -0.25) is 4.79 Å². The number of nitrogens with one attached hydrogen (secondary N) is 1. The number of amides is 1. The predicted octanol–water partition coefficient (Wildman–Crippen LogP) is 2.87. The minimum Gasteiger partial charge on any atom is -0.459 e. The van der Waals surface area contributed by atoms with Crippen LogP contribution in [0.4, 0.5) is 0 Å². The largest absolute Gasteiger partial charge is 0.459 e. The van der Waals surface area contributed by atoms with Gasteiger partial charge in [0.2, 0.25) is 0 Å². The summed E-state index contributed by atoms with van der Waals surface area (Å²) in [7, 11) is 0. The molecule has 0 bridgehead atoms. The van der Waals surface area contributed by atoms with Crippen LogP contribution in [0.1, 0.15) is 49.6 Å². The van der Waals surface area contributed by atoms with Crippen molar-refractivity contribution in [2.24, 2.45) is 5.92 Å². The maximum absolute atomic E-state index is 11.9. The van der Waals surface area contributed by atoms with Crippen molar-refractivity contribution in [2.75, 3.05) is 0 Å². The van der Waals surface area contributed by atoms with Crippen molar-refractivity contribution in [3.63, 3.8) is 0 Å². The number of carbonyl (C=O) groups excluding carboxylic acids is 1. The van der Waals surface area contributed by atoms with E-state index < -0.39 is 5.54 Å². The average Bonchev–Trinajstić information content (AvgIpc) is 2.93. The Hall–Kier alpha value is -1.76. The SMILES string of the molecule is CCC1CCC(C#N)(NC(=O)c2ccco2)CC1. The first-order chi connectivity index (χ1) is 8.69. The predicted molar refractivity (Wildman–Crippen MR) is 66.8 cm³/mol. The second-order valence-electron chi connectivity index (χ2n) is 4.98. The molecule has 1 aliphatic carbocycles. The third kappa shape index (κ3) is 2.56. The standard InChI is InChI=1S/C14H18N2O2/c1-2-11-5-7-14(10-15,8-6-11)16-13(17)12-4-3-9-18-12/h3-4,9,11H,2,5-8H2,1H3,(H,16,17). The first kappa shape index (κ1) is 12.7. The maximum atomic E-state index is 11.9. The Labute approximate surface area is 107 Å². The molecule has 0 saturated heterocycles. The highest BCUT2D eigenvalue weighted by Crippen LogP contribution is 2.33. The van der Waals surface area contributed by atoms with Gasteiger partial charge in [-0.1, -0.05) is 13.3 Å². The van der Waals surface area contributed by atoms with Crippen LogP contribution in [0.15, 0.2) is 22.8 Å². The third-order valence-electron chi connectivity index (χ3n) is 3.85. The first-order valence-electron chi connectivity index (χ1n) is 6.46. The Morgan fingerprint density at radius 2 is 2.33 bits per heavy atom. The van der Waals surface area contributed by atoms with Crippen LogP contribution in [0, 0.1) is 17.2 Å². The molecule has 4 nitrogen and oxygen atoms in total. The Morgan fingerprint density at radius 1 is 1.61 bits per heavy atom. The third-order valence-corrected chi connectivity index (χ3v) is 3.85. The highest BCUT2D eigenvalue weighted by atomic mass is 16.3. The van der Waals surface area contributed by atoms with Crippen LogP contribution in [0.2, 0.25) is 0 Å². The van der Waals surface area contributed by atoms with Crippen LogP contribution in [-0.4, -0.2) is 11.4 Å². The molecule has 0 spiro atoms. The van der Waals surface area contributed by atoms with Crippen molar-refractivity contribution < 1.29 is 9.21 Å². The molecule has 1 aromatic rings. The summed E-state index contributed by atoms with van der Waals surface area (Å²) in [5, 5.41) is 12.2. The zero-order valence-corrected chi connectivity index (χ0v) is 10.6. The molecule has 1 aromatic heterocycles. The summed E-state index contributed by atoms with van der Waals surface area (Å²) in [6, 6.07) is 5.56. The Balaban J connectivity index is 2.02. The van der Waals surface area contributed by atoms with Gasteiger partial charge in [-0.05, 0) is 43.7 Å². The molecule has 1 amide bonds. The van der Waals surface area contributed by atoms with Crippen LogP contribution >= 0.6 is 0 Å². The molecule has 0 aromatic carbocycles. The normalized spacial score (nSPS) is 27.4. The number of rotatable bonds is 3. The summed E-state index contributed by atoms with van der Waals surface area (Å²) in [5.74, 6) is 0.658. The molecular weight excluding hydrogens is 228 g/mol. The molecular formula is C14H18N2O2. The zero-order valence-electron chi connectivity index (χ0n) is 10.6. The van der Waals surface area contributed by atoms with Gasteiger partial charge in [0.25, 0.3) is 5.91 Å². The quantitative estimate of drug-likeness (QED) is 0.891. The van der Waals surface area contributed by atoms with Gasteiger partial charge in [0.05, 0.1) is 12.3 Å². The van der Waals surface area contributed by atoms with E-state index >= 15 is 0 Å². The van der Waals surface area contributed by atoms with Crippen LogP contribution in [0.25, 0.3) is 0 Å². The molecule has 2 rings (SSSR count). The Bertz CT molecular complexity index is 437. The van der Waals surface area contributed by atoms with Gasteiger partial charge in [0, 0.05) is 0 Å². The minimum atomic E-state index is -0.713. The van der Waals surface area contributed by atoms with Crippen LogP contribution in [0.5, 0.6) is 0 Å². The van der Waals surface area contributed by atoms with Gasteiger partial charge < -0.3 is 9.73 Å². The molecule has 1 N–H and O–H groups in total. The maximum Gasteiger partial charge on any atom is 0.288 e. The number of hydrogen-bond acceptors (Lipinski definition) is 3. The van der Waals surface area contributed by atoms with Gasteiger partial charge in [0.15, 0.2) is 5.76 Å². The molecule has 0 atom stereocenters. The monoisotopic (exact) mass is 246 g/mol. The van der Waals surface area contributed by atoms with Gasteiger partial charge >= 0.3 is 0 Å². The van der Waals surface area contributed by atoms with Gasteiger partial charge in [-0.2, -0.15) is 5.26 Å². The van der Waals surface area contributed by atoms with E-state index in [1.807, 2.05) is 0 Å². The molecule has 1 saturated carbocycles. The number of furan rings is 1. The smallest absolute Gasteiger partial charge is 0.288 e. The fourth-order valence-electron chi connectivity index (χ4n) is 2.53. The van der Waals surface area contributed by atoms with Crippen LogP contribution in [0.3, 0.4) is 0 Å². The summed E-state index contributed by atoms with van der Waals surface area (Å²) in [4.78, 5) is 11.9. The molecule has 4 heteroatoms. The number of nitriles is 1. The van der Waals surface area contributed by atoms with Crippen molar-refractivity contribution >= 4 is 5.91 Å². The van der Waals surface area contributed by atoms with Crippen molar-refractivity contribution in [1.29, 1.82) is 5.26 Å². The van der Waals surface area contributed by atoms with E-state index in [0.717, 1.165) is 32.1 Å². The van der Waals surface area contributed by atoms with E-state index in [1.54, 1.807) is 12.1 Å². The summed E-state index contributed by atoms with van der Waals surface area (Å²) in [5.41, 5.74) is -0.713. The zero-order chi connectivity index (χ0) is 13.0. The van der Waals surface area contributed by atoms with E-state index in [1.165, 1.54) is 6.26 Å². The fourth-order valence-corrected chi connectivity index (χ4v) is 2.53. The Kier molecular flexibility index (Phi) is 3.71. The topological polar surface area (TPSA) is 66.0 Å². The summed E-state index contributed by atoms with van der Waals surface area (Å²) >= 11 is 0. The van der Waals surface area contributed by atoms with Crippen molar-refractivity contribution in [3.8, 4) is 6.07 Å². The fraction of sp³-hybridized carbons (Fsp3) is 0.571. The first-order valence-corrected chi connectivity index (χ1v) is 6.46. The molecule has 1 aliphatic rings. The number of nitrogens with zero attached hydrogens (tertiary/aromatic N) is 1. The lowest BCUT2D eigenvalue weighted by Crippen LogP contribution is -2.49. The van der Waals surface area contributed by atoms with Gasteiger partial charge in [-0.15, -0.1) is 0 Å². The lowest BCUT2D eigenvalue weighted by atomic mass is 9.76. The summed E-state index contributed by atoms with van der Waals surface area (Å²) in [6.45, 7) is 2.17. The van der Waals surface area contributed by atoms with Crippen molar-refractivity contribution in [3.05, 3.63) is 24.2 Å². The Morgan fingerprint density at radius 3 is 2.83 bits per heavy atom. The second-order valence-corrected chi connectivity index (χ2v) is 4.98. The molecule has 1 heterocycles. The van der Waals surface area contributed by atoms with Crippen LogP contribution in [-0.2, 0) is 0 Å². The van der Waals surface area contributed by atoms with E-state index in [-0.39, 0.29) is 11.7 Å². The summed E-state index contributed by atoms with van der Waals surface area (Å²) in [6.07, 6.45) is 6.07. The van der Waals surface area contributed by atoms with Crippen molar-refractivity contribution in [2.45, 2.75) is 44.6 Å². The lowest BCUT2D eigenvalue weighted by molar-refractivity contribution is 0.0863. The van der Waals surface area contributed by atoms with E-state index in [2.05, 4.69) is 18.3 Å². The molecule has 96 valence electrons. The van der Waals surface area contributed by atoms with E-state index in [9.17, 15) is 10.1 Å². The number of hydrogen-bond donors (Lipinski definition) is 1. The highest BCUT2D eigenvalue weighted by Gasteiger charge is 2.36. The average molecular weight is 246 g/mol. The molecule has 0 unspecified atom stereocenters. The minimum absolute atomic E-state index is 0.266. The second kappa shape index (κ2) is 5.26. The molecule has 1 fully saturated rings. The highest BCUT2D eigenvalue weighted by molar-refractivity contribution is 5.92. The van der Waals surface area contributed by atoms with Crippen LogP contribution < -0.4 is 5.32 Å². The van der Waals surface area contributed by atoms with Crippen molar-refractivity contribution in [1.82, 2.24) is 5.32 Å². The molecule has 18 heavy (non-hydrogen) atoms.